The lowest BCUT2D eigenvalue weighted by atomic mass is 9.98. The summed E-state index contributed by atoms with van der Waals surface area (Å²) in [7, 11) is 1.62. The number of hydrogen-bond acceptors (Lipinski definition) is 4. The van der Waals surface area contributed by atoms with Gasteiger partial charge in [0.2, 0.25) is 0 Å². The van der Waals surface area contributed by atoms with Crippen molar-refractivity contribution in [3.8, 4) is 16.9 Å². The second kappa shape index (κ2) is 9.39. The minimum absolute atomic E-state index is 0.0640. The Morgan fingerprint density at radius 1 is 1.03 bits per heavy atom. The third-order valence-corrected chi connectivity index (χ3v) is 5.52. The zero-order valence-electron chi connectivity index (χ0n) is 17.5. The van der Waals surface area contributed by atoms with E-state index in [1.54, 1.807) is 7.11 Å². The smallest absolute Gasteiger partial charge is 0.407 e. The first-order valence-electron chi connectivity index (χ1n) is 10.4. The largest absolute Gasteiger partial charge is 0.497 e. The molecule has 3 N–H and O–H groups in total. The zero-order chi connectivity index (χ0) is 21.6. The van der Waals surface area contributed by atoms with Gasteiger partial charge in [0.1, 0.15) is 12.4 Å². The molecular weight excluding hydrogens is 388 g/mol. The quantitative estimate of drug-likeness (QED) is 0.411. The Bertz CT molecular complexity index is 1060. The Hall–Kier alpha value is -3.73. The van der Waals surface area contributed by atoms with Gasteiger partial charge in [-0.05, 0) is 46.9 Å². The van der Waals surface area contributed by atoms with Gasteiger partial charge in [-0.2, -0.15) is 0 Å². The third kappa shape index (κ3) is 4.56. The van der Waals surface area contributed by atoms with Gasteiger partial charge in [0.25, 0.3) is 0 Å². The highest BCUT2D eigenvalue weighted by Crippen LogP contribution is 2.44. The molecule has 0 unspecified atom stereocenters. The van der Waals surface area contributed by atoms with Crippen molar-refractivity contribution in [3.05, 3.63) is 89.5 Å². The van der Waals surface area contributed by atoms with Gasteiger partial charge in [-0.3, -0.25) is 0 Å². The van der Waals surface area contributed by atoms with Crippen LogP contribution in [-0.2, 0) is 4.74 Å². The lowest BCUT2D eigenvalue weighted by Crippen LogP contribution is -2.26. The summed E-state index contributed by atoms with van der Waals surface area (Å²) in [6, 6.07) is 22.1. The number of amides is 1. The Morgan fingerprint density at radius 2 is 1.71 bits per heavy atom. The number of anilines is 1. The highest BCUT2D eigenvalue weighted by Gasteiger charge is 2.28. The van der Waals surface area contributed by atoms with Crippen LogP contribution in [0.3, 0.4) is 0 Å². The Labute approximate surface area is 182 Å². The number of methoxy groups -OCH3 is 1. The van der Waals surface area contributed by atoms with Crippen LogP contribution in [0.15, 0.2) is 72.8 Å². The fourth-order valence-corrected chi connectivity index (χ4v) is 3.94. The van der Waals surface area contributed by atoms with Crippen LogP contribution in [0.25, 0.3) is 17.2 Å². The predicted molar refractivity (Wildman–Crippen MR) is 124 cm³/mol. The molecule has 0 heterocycles. The molecule has 0 bridgehead atoms. The molecule has 1 amide bonds. The maximum Gasteiger partial charge on any atom is 0.407 e. The number of benzene rings is 3. The number of hydrogen-bond donors (Lipinski definition) is 2. The SMILES string of the molecule is COc1ccc(N)c(C=CCCNC(=O)OCC2c3ccccc3-c3ccccc32)c1. The first kappa shape index (κ1) is 20.5. The van der Waals surface area contributed by atoms with E-state index in [9.17, 15) is 4.79 Å². The summed E-state index contributed by atoms with van der Waals surface area (Å²) in [5, 5.41) is 2.81. The van der Waals surface area contributed by atoms with Crippen LogP contribution in [0, 0.1) is 0 Å². The van der Waals surface area contributed by atoms with Crippen LogP contribution in [-0.4, -0.2) is 26.4 Å². The number of rotatable bonds is 7. The van der Waals surface area contributed by atoms with Crippen LogP contribution >= 0.6 is 0 Å². The number of fused-ring (bicyclic) bond motifs is 3. The van der Waals surface area contributed by atoms with Crippen molar-refractivity contribution in [2.45, 2.75) is 12.3 Å². The summed E-state index contributed by atoms with van der Waals surface area (Å²) in [5.41, 5.74) is 12.4. The summed E-state index contributed by atoms with van der Waals surface area (Å²) in [6.45, 7) is 0.799. The number of nitrogens with one attached hydrogen (secondary N) is 1. The average Bonchev–Trinajstić information content (AvgIpc) is 3.12. The van der Waals surface area contributed by atoms with Gasteiger partial charge in [0.15, 0.2) is 0 Å². The molecular formula is C26H26N2O3. The molecule has 0 aromatic heterocycles. The van der Waals surface area contributed by atoms with Gasteiger partial charge in [0.05, 0.1) is 7.11 Å². The van der Waals surface area contributed by atoms with Crippen LogP contribution in [0.1, 0.15) is 29.0 Å². The van der Waals surface area contributed by atoms with Gasteiger partial charge in [0, 0.05) is 23.7 Å². The summed E-state index contributed by atoms with van der Waals surface area (Å²) in [6.07, 6.45) is 4.16. The number of carbonyl (C=O) groups excluding carboxylic acids is 1. The monoisotopic (exact) mass is 414 g/mol. The van der Waals surface area contributed by atoms with Crippen molar-refractivity contribution < 1.29 is 14.3 Å². The van der Waals surface area contributed by atoms with Crippen molar-refractivity contribution in [2.75, 3.05) is 26.0 Å². The molecule has 3 aromatic carbocycles. The van der Waals surface area contributed by atoms with E-state index in [0.29, 0.717) is 25.3 Å². The molecule has 0 saturated carbocycles. The van der Waals surface area contributed by atoms with Gasteiger partial charge in [-0.15, -0.1) is 0 Å². The molecule has 5 nitrogen and oxygen atoms in total. The molecule has 3 aromatic rings. The molecule has 158 valence electrons. The standard InChI is InChI=1S/C26H26N2O3/c1-30-19-13-14-25(27)18(16-19)8-6-7-15-28-26(29)31-17-24-22-11-4-2-9-20(22)21-10-3-5-12-23(21)24/h2-6,8-14,16,24H,7,15,17,27H2,1H3,(H,28,29). The van der Waals surface area contributed by atoms with Crippen LogP contribution in [0.5, 0.6) is 5.75 Å². The lowest BCUT2D eigenvalue weighted by molar-refractivity contribution is 0.143. The maximum atomic E-state index is 12.2. The van der Waals surface area contributed by atoms with E-state index in [1.807, 2.05) is 54.6 Å². The summed E-state index contributed by atoms with van der Waals surface area (Å²) < 4.78 is 10.8. The molecule has 0 spiro atoms. The summed E-state index contributed by atoms with van der Waals surface area (Å²) >= 11 is 0. The molecule has 4 rings (SSSR count). The van der Waals surface area contributed by atoms with Crippen LogP contribution < -0.4 is 15.8 Å². The normalized spacial score (nSPS) is 12.4. The minimum Gasteiger partial charge on any atom is -0.497 e. The number of nitrogen functional groups attached to an aromatic ring is 1. The molecule has 5 heteroatoms. The van der Waals surface area contributed by atoms with Gasteiger partial charge in [-0.1, -0.05) is 60.7 Å². The van der Waals surface area contributed by atoms with Crippen molar-refractivity contribution in [1.82, 2.24) is 5.32 Å². The van der Waals surface area contributed by atoms with E-state index in [4.69, 9.17) is 15.2 Å². The molecule has 0 saturated heterocycles. The number of nitrogens with two attached hydrogens (primary N) is 1. The van der Waals surface area contributed by atoms with Gasteiger partial charge < -0.3 is 20.5 Å². The third-order valence-electron chi connectivity index (χ3n) is 5.52. The van der Waals surface area contributed by atoms with E-state index in [1.165, 1.54) is 22.3 Å². The molecule has 0 aliphatic heterocycles. The fourth-order valence-electron chi connectivity index (χ4n) is 3.94. The topological polar surface area (TPSA) is 73.6 Å². The molecule has 31 heavy (non-hydrogen) atoms. The van der Waals surface area contributed by atoms with Crippen molar-refractivity contribution in [3.63, 3.8) is 0 Å². The molecule has 0 radical (unpaired) electrons. The van der Waals surface area contributed by atoms with Crippen molar-refractivity contribution in [1.29, 1.82) is 0 Å². The summed E-state index contributed by atoms with van der Waals surface area (Å²) in [5.74, 6) is 0.819. The van der Waals surface area contributed by atoms with Crippen LogP contribution in [0.2, 0.25) is 0 Å². The molecule has 1 aliphatic rings. The van der Waals surface area contributed by atoms with Crippen molar-refractivity contribution in [2.24, 2.45) is 0 Å². The van der Waals surface area contributed by atoms with E-state index >= 15 is 0 Å². The first-order valence-corrected chi connectivity index (χ1v) is 10.4. The van der Waals surface area contributed by atoms with Crippen molar-refractivity contribution >= 4 is 17.9 Å². The highest BCUT2D eigenvalue weighted by molar-refractivity contribution is 5.79. The molecule has 0 atom stereocenters. The Morgan fingerprint density at radius 3 is 2.39 bits per heavy atom. The number of alkyl carbamates (subject to hydrolysis) is 1. The van der Waals surface area contributed by atoms with Gasteiger partial charge in [-0.25, -0.2) is 4.79 Å². The second-order valence-corrected chi connectivity index (χ2v) is 7.44. The fraction of sp³-hybridized carbons (Fsp3) is 0.192. The van der Waals surface area contributed by atoms with Crippen LogP contribution in [0.4, 0.5) is 10.5 Å². The maximum absolute atomic E-state index is 12.2. The van der Waals surface area contributed by atoms with E-state index in [2.05, 4.69) is 29.6 Å². The van der Waals surface area contributed by atoms with E-state index in [-0.39, 0.29) is 5.92 Å². The second-order valence-electron chi connectivity index (χ2n) is 7.44. The van der Waals surface area contributed by atoms with E-state index in [0.717, 1.165) is 11.3 Å². The van der Waals surface area contributed by atoms with E-state index < -0.39 is 6.09 Å². The Kier molecular flexibility index (Phi) is 6.22. The zero-order valence-corrected chi connectivity index (χ0v) is 17.5. The molecule has 1 aliphatic carbocycles. The molecule has 0 fully saturated rings. The highest BCUT2D eigenvalue weighted by atomic mass is 16.5. The van der Waals surface area contributed by atoms with Gasteiger partial charge >= 0.3 is 6.09 Å². The Balaban J connectivity index is 1.28. The average molecular weight is 415 g/mol. The number of ether oxygens (including phenoxy) is 2. The lowest BCUT2D eigenvalue weighted by Gasteiger charge is -2.14. The summed E-state index contributed by atoms with van der Waals surface area (Å²) in [4.78, 5) is 12.2. The number of carbonyl (C=O) groups is 1. The minimum atomic E-state index is -0.406. The predicted octanol–water partition coefficient (Wildman–Crippen LogP) is 5.22. The first-order chi connectivity index (χ1) is 15.2.